The summed E-state index contributed by atoms with van der Waals surface area (Å²) in [6.45, 7) is 1.46. The number of hydrogen-bond acceptors (Lipinski definition) is 4. The molecule has 7 heteroatoms. The number of alkyl halides is 1. The molecule has 0 spiro atoms. The number of halogens is 1. The Hall–Kier alpha value is -0.880. The molecular formula is C6H10FN3O3. The van der Waals surface area contributed by atoms with Gasteiger partial charge < -0.3 is 14.9 Å². The molecule has 0 aliphatic carbocycles. The van der Waals surface area contributed by atoms with Crippen molar-refractivity contribution in [3.8, 4) is 0 Å². The molecular weight excluding hydrogens is 181 g/mol. The number of nitrogens with zero attached hydrogens (tertiary/aromatic N) is 3. The third kappa shape index (κ3) is 1.89. The van der Waals surface area contributed by atoms with Crippen LogP contribution in [-0.2, 0) is 4.74 Å². The second kappa shape index (κ2) is 3.89. The number of azide groups is 1. The number of rotatable bonds is 1. The molecule has 0 radical (unpaired) electrons. The third-order valence-electron chi connectivity index (χ3n) is 1.98. The van der Waals surface area contributed by atoms with E-state index in [1.165, 1.54) is 6.92 Å². The molecule has 13 heavy (non-hydrogen) atoms. The Kier molecular flexibility index (Phi) is 3.05. The molecule has 0 bridgehead atoms. The van der Waals surface area contributed by atoms with Gasteiger partial charge >= 0.3 is 0 Å². The van der Waals surface area contributed by atoms with Gasteiger partial charge in [0.15, 0.2) is 0 Å². The van der Waals surface area contributed by atoms with E-state index in [9.17, 15) is 9.50 Å². The molecule has 2 N–H and O–H groups in total. The minimum Gasteiger partial charge on any atom is -0.390 e. The van der Waals surface area contributed by atoms with Crippen molar-refractivity contribution >= 4 is 0 Å². The molecule has 0 aromatic carbocycles. The fourth-order valence-corrected chi connectivity index (χ4v) is 1.22. The van der Waals surface area contributed by atoms with E-state index >= 15 is 0 Å². The average molecular weight is 191 g/mol. The Balaban J connectivity index is 2.78. The Bertz CT molecular complexity index is 233. The van der Waals surface area contributed by atoms with Gasteiger partial charge in [0.25, 0.3) is 0 Å². The van der Waals surface area contributed by atoms with Crippen molar-refractivity contribution in [3.63, 3.8) is 0 Å². The van der Waals surface area contributed by atoms with Crippen molar-refractivity contribution in [3.05, 3.63) is 10.4 Å². The van der Waals surface area contributed by atoms with E-state index in [0.717, 1.165) is 0 Å². The fraction of sp³-hybridized carbons (Fsp3) is 1.00. The first-order chi connectivity index (χ1) is 6.07. The van der Waals surface area contributed by atoms with Crippen LogP contribution in [0.1, 0.15) is 6.92 Å². The maximum atomic E-state index is 12.7. The number of hydrogen-bond donors (Lipinski definition) is 2. The van der Waals surface area contributed by atoms with Crippen molar-refractivity contribution in [1.29, 1.82) is 0 Å². The molecule has 6 nitrogen and oxygen atoms in total. The highest BCUT2D eigenvalue weighted by Crippen LogP contribution is 2.23. The standard InChI is InChI=1S/C6H10FN3O3/c1-2-3(9-10-8)4(11)5(12)6(7)13-2/h2-6,11-12H,1H3/t2-,3+,4+,5-,6+/m1/s1. The van der Waals surface area contributed by atoms with Crippen LogP contribution in [0.4, 0.5) is 4.39 Å². The summed E-state index contributed by atoms with van der Waals surface area (Å²) in [5.74, 6) is 0. The number of aliphatic hydroxyl groups is 2. The summed E-state index contributed by atoms with van der Waals surface area (Å²) in [5.41, 5.74) is 8.12. The molecule has 1 rings (SSSR count). The zero-order valence-electron chi connectivity index (χ0n) is 6.91. The second-order valence-electron chi connectivity index (χ2n) is 2.87. The van der Waals surface area contributed by atoms with Crippen molar-refractivity contribution in [1.82, 2.24) is 0 Å². The van der Waals surface area contributed by atoms with Crippen molar-refractivity contribution in [2.75, 3.05) is 0 Å². The monoisotopic (exact) mass is 191 g/mol. The minimum absolute atomic E-state index is 0.746. The Labute approximate surface area is 73.6 Å². The number of aliphatic hydroxyl groups excluding tert-OH is 2. The van der Waals surface area contributed by atoms with Crippen molar-refractivity contribution < 1.29 is 19.3 Å². The van der Waals surface area contributed by atoms with Gasteiger partial charge in [0.05, 0.1) is 18.2 Å². The highest BCUT2D eigenvalue weighted by molar-refractivity contribution is 4.92. The van der Waals surface area contributed by atoms with Crippen LogP contribution in [0.5, 0.6) is 0 Å². The minimum atomic E-state index is -1.94. The normalized spacial score (nSPS) is 45.4. The van der Waals surface area contributed by atoms with Crippen LogP contribution >= 0.6 is 0 Å². The van der Waals surface area contributed by atoms with Gasteiger partial charge in [0.2, 0.25) is 6.36 Å². The lowest BCUT2D eigenvalue weighted by Gasteiger charge is -2.36. The van der Waals surface area contributed by atoms with Gasteiger partial charge in [-0.2, -0.15) is 0 Å². The van der Waals surface area contributed by atoms with Crippen LogP contribution in [0, 0.1) is 0 Å². The Morgan fingerprint density at radius 3 is 2.62 bits per heavy atom. The summed E-state index contributed by atoms with van der Waals surface area (Å²) < 4.78 is 17.3. The zero-order valence-corrected chi connectivity index (χ0v) is 6.91. The summed E-state index contributed by atoms with van der Waals surface area (Å²) in [7, 11) is 0. The van der Waals surface area contributed by atoms with E-state index in [0.29, 0.717) is 0 Å². The molecule has 1 aliphatic heterocycles. The lowest BCUT2D eigenvalue weighted by Crippen LogP contribution is -2.54. The summed E-state index contributed by atoms with van der Waals surface area (Å²) in [5, 5.41) is 21.5. The first-order valence-electron chi connectivity index (χ1n) is 3.77. The van der Waals surface area contributed by atoms with Crippen LogP contribution in [0.3, 0.4) is 0 Å². The Morgan fingerprint density at radius 2 is 2.08 bits per heavy atom. The highest BCUT2D eigenvalue weighted by atomic mass is 19.1. The highest BCUT2D eigenvalue weighted by Gasteiger charge is 2.42. The van der Waals surface area contributed by atoms with E-state index in [1.807, 2.05) is 0 Å². The molecule has 0 saturated carbocycles. The molecule has 1 heterocycles. The van der Waals surface area contributed by atoms with Crippen LogP contribution < -0.4 is 0 Å². The SMILES string of the molecule is C[C@H]1O[C@H](F)[C@H](O)[C@@H](O)[C@H]1N=[N+]=[N-]. The van der Waals surface area contributed by atoms with Crippen LogP contribution in [0.25, 0.3) is 10.4 Å². The third-order valence-corrected chi connectivity index (χ3v) is 1.98. The van der Waals surface area contributed by atoms with Crippen LogP contribution in [-0.4, -0.2) is 40.9 Å². The predicted octanol–water partition coefficient (Wildman–Crippen LogP) is 0.101. The molecule has 74 valence electrons. The predicted molar refractivity (Wildman–Crippen MR) is 40.4 cm³/mol. The van der Waals surface area contributed by atoms with E-state index < -0.39 is 30.7 Å². The van der Waals surface area contributed by atoms with Crippen molar-refractivity contribution in [2.24, 2.45) is 5.11 Å². The maximum absolute atomic E-state index is 12.7. The Morgan fingerprint density at radius 1 is 1.46 bits per heavy atom. The van der Waals surface area contributed by atoms with Gasteiger partial charge in [-0.3, -0.25) is 0 Å². The van der Waals surface area contributed by atoms with E-state index in [4.69, 9.17) is 10.6 Å². The van der Waals surface area contributed by atoms with E-state index in [2.05, 4.69) is 14.8 Å². The van der Waals surface area contributed by atoms with E-state index in [-0.39, 0.29) is 0 Å². The van der Waals surface area contributed by atoms with Gasteiger partial charge in [-0.05, 0) is 12.5 Å². The molecule has 0 aromatic heterocycles. The van der Waals surface area contributed by atoms with Gasteiger partial charge in [-0.15, -0.1) is 0 Å². The molecule has 1 aliphatic rings. The summed E-state index contributed by atoms with van der Waals surface area (Å²) in [6, 6.07) is -0.952. The lowest BCUT2D eigenvalue weighted by atomic mass is 9.98. The maximum Gasteiger partial charge on any atom is 0.227 e. The summed E-state index contributed by atoms with van der Waals surface area (Å²) in [4.78, 5) is 2.47. The van der Waals surface area contributed by atoms with Crippen LogP contribution in [0.15, 0.2) is 5.11 Å². The van der Waals surface area contributed by atoms with Crippen molar-refractivity contribution in [2.45, 2.75) is 37.6 Å². The summed E-state index contributed by atoms with van der Waals surface area (Å²) >= 11 is 0. The summed E-state index contributed by atoms with van der Waals surface area (Å²) in [6.07, 6.45) is -5.76. The molecule has 5 atom stereocenters. The zero-order chi connectivity index (χ0) is 10.0. The number of ether oxygens (including phenoxy) is 1. The average Bonchev–Trinajstić information content (AvgIpc) is 2.09. The first kappa shape index (κ1) is 10.2. The lowest BCUT2D eigenvalue weighted by molar-refractivity contribution is -0.218. The van der Waals surface area contributed by atoms with Gasteiger partial charge in [0, 0.05) is 4.91 Å². The second-order valence-corrected chi connectivity index (χ2v) is 2.87. The van der Waals surface area contributed by atoms with Crippen LogP contribution in [0.2, 0.25) is 0 Å². The smallest absolute Gasteiger partial charge is 0.227 e. The quantitative estimate of drug-likeness (QED) is 0.349. The van der Waals surface area contributed by atoms with Gasteiger partial charge in [-0.1, -0.05) is 5.11 Å². The van der Waals surface area contributed by atoms with Gasteiger partial charge in [0.1, 0.15) is 6.10 Å². The first-order valence-corrected chi connectivity index (χ1v) is 3.77. The molecule has 1 saturated heterocycles. The van der Waals surface area contributed by atoms with E-state index in [1.54, 1.807) is 0 Å². The largest absolute Gasteiger partial charge is 0.390 e. The van der Waals surface area contributed by atoms with Gasteiger partial charge in [-0.25, -0.2) is 4.39 Å². The molecule has 0 amide bonds. The molecule has 0 aromatic rings. The molecule has 1 fully saturated rings. The topological polar surface area (TPSA) is 98.5 Å². The fourth-order valence-electron chi connectivity index (χ4n) is 1.22. The molecule has 0 unspecified atom stereocenters.